The maximum absolute atomic E-state index is 14.4. The zero-order chi connectivity index (χ0) is 16.0. The van der Waals surface area contributed by atoms with Crippen LogP contribution in [0.15, 0.2) is 65.1 Å². The van der Waals surface area contributed by atoms with Gasteiger partial charge in [-0.05, 0) is 30.7 Å². The molecule has 0 radical (unpaired) electrons. The average molecular weight is 304 g/mol. The fourth-order valence-corrected chi connectivity index (χ4v) is 2.97. The molecular formula is C20H15FNO+. The van der Waals surface area contributed by atoms with Gasteiger partial charge in [-0.3, -0.25) is 5.41 Å². The predicted octanol–water partition coefficient (Wildman–Crippen LogP) is 3.31. The first kappa shape index (κ1) is 13.7. The molecule has 0 spiro atoms. The standard InChI is InChI=1S/C20H14FNO/c1-12-6-8-15-18(10-12)23-19-11-13(22)7-9-16(19)20(15)14-4-2-3-5-17(14)21/h2-11,22H,1H3/p+1. The largest absolute Gasteiger partial charge is 0.456 e. The summed E-state index contributed by atoms with van der Waals surface area (Å²) >= 11 is 0. The molecule has 0 saturated carbocycles. The van der Waals surface area contributed by atoms with Crippen molar-refractivity contribution in [3.8, 4) is 22.5 Å². The number of fused-ring (bicyclic) bond motifs is 2. The summed E-state index contributed by atoms with van der Waals surface area (Å²) < 4.78 is 20.4. The van der Waals surface area contributed by atoms with Crippen LogP contribution in [-0.2, 0) is 0 Å². The number of benzene rings is 3. The fraction of sp³-hybridized carbons (Fsp3) is 0.0500. The van der Waals surface area contributed by atoms with Crippen molar-refractivity contribution in [2.75, 3.05) is 0 Å². The summed E-state index contributed by atoms with van der Waals surface area (Å²) in [7, 11) is 0. The second-order valence-electron chi connectivity index (χ2n) is 5.71. The molecule has 2 aromatic rings. The van der Waals surface area contributed by atoms with Gasteiger partial charge in [0.2, 0.25) is 0 Å². The van der Waals surface area contributed by atoms with Crippen molar-refractivity contribution in [1.82, 2.24) is 0 Å². The lowest BCUT2D eigenvalue weighted by atomic mass is 9.93. The highest BCUT2D eigenvalue weighted by atomic mass is 19.1. The van der Waals surface area contributed by atoms with Gasteiger partial charge < -0.3 is 4.42 Å². The minimum Gasteiger partial charge on any atom is -0.456 e. The number of nitrogens with two attached hydrogens (primary N) is 1. The van der Waals surface area contributed by atoms with Gasteiger partial charge in [-0.15, -0.1) is 0 Å². The first-order valence-corrected chi connectivity index (χ1v) is 7.44. The van der Waals surface area contributed by atoms with E-state index in [1.165, 1.54) is 6.07 Å². The summed E-state index contributed by atoms with van der Waals surface area (Å²) in [4.78, 5) is 0. The van der Waals surface area contributed by atoms with E-state index in [2.05, 4.69) is 0 Å². The number of halogens is 1. The van der Waals surface area contributed by atoms with Crippen LogP contribution >= 0.6 is 0 Å². The number of rotatable bonds is 1. The lowest BCUT2D eigenvalue weighted by Crippen LogP contribution is -2.44. The van der Waals surface area contributed by atoms with Crippen LogP contribution in [0.2, 0.25) is 0 Å². The van der Waals surface area contributed by atoms with Gasteiger partial charge >= 0.3 is 0 Å². The maximum atomic E-state index is 14.4. The van der Waals surface area contributed by atoms with E-state index in [1.807, 2.05) is 43.3 Å². The number of hydrogen-bond donors (Lipinski definition) is 1. The van der Waals surface area contributed by atoms with Crippen LogP contribution in [0.3, 0.4) is 0 Å². The van der Waals surface area contributed by atoms with Crippen LogP contribution in [0.25, 0.3) is 33.4 Å². The van der Waals surface area contributed by atoms with E-state index in [1.54, 1.807) is 18.2 Å². The molecule has 0 bridgehead atoms. The first-order valence-electron chi connectivity index (χ1n) is 7.44. The lowest BCUT2D eigenvalue weighted by molar-refractivity contribution is -0.172. The molecule has 1 aliphatic heterocycles. The van der Waals surface area contributed by atoms with Crippen molar-refractivity contribution in [3.05, 3.63) is 77.4 Å². The highest BCUT2D eigenvalue weighted by Crippen LogP contribution is 2.40. The topological polar surface area (TPSA) is 38.7 Å². The third kappa shape index (κ3) is 2.21. The third-order valence-electron chi connectivity index (χ3n) is 4.04. The molecule has 0 saturated heterocycles. The molecule has 2 N–H and O–H groups in total. The summed E-state index contributed by atoms with van der Waals surface area (Å²) in [6.45, 7) is 2.00. The quantitative estimate of drug-likeness (QED) is 0.538. The van der Waals surface area contributed by atoms with Crippen LogP contribution < -0.4 is 10.8 Å². The van der Waals surface area contributed by atoms with Crippen LogP contribution in [0.5, 0.6) is 0 Å². The Labute approximate surface area is 132 Å². The van der Waals surface area contributed by atoms with Crippen LogP contribution in [0.1, 0.15) is 5.56 Å². The van der Waals surface area contributed by atoms with Gasteiger partial charge in [0.25, 0.3) is 0 Å². The van der Waals surface area contributed by atoms with Gasteiger partial charge in [0.15, 0.2) is 5.36 Å². The van der Waals surface area contributed by atoms with Gasteiger partial charge in [0, 0.05) is 28.1 Å². The summed E-state index contributed by atoms with van der Waals surface area (Å²) in [5.41, 5.74) is 4.05. The zero-order valence-corrected chi connectivity index (χ0v) is 12.6. The Morgan fingerprint density at radius 2 is 1.74 bits per heavy atom. The summed E-state index contributed by atoms with van der Waals surface area (Å²) in [5, 5.41) is 7.39. The van der Waals surface area contributed by atoms with E-state index in [9.17, 15) is 4.39 Å². The van der Waals surface area contributed by atoms with E-state index in [0.29, 0.717) is 16.7 Å². The van der Waals surface area contributed by atoms with Crippen molar-refractivity contribution in [3.63, 3.8) is 0 Å². The molecule has 2 nitrogen and oxygen atoms in total. The molecule has 23 heavy (non-hydrogen) atoms. The second kappa shape index (κ2) is 5.06. The van der Waals surface area contributed by atoms with Crippen LogP contribution in [-0.4, -0.2) is 0 Å². The summed E-state index contributed by atoms with van der Waals surface area (Å²) in [6, 6.07) is 18.2. The lowest BCUT2D eigenvalue weighted by Gasteiger charge is -2.15. The molecule has 0 aromatic heterocycles. The Bertz CT molecular complexity index is 1060. The molecule has 1 heterocycles. The van der Waals surface area contributed by atoms with Crippen LogP contribution in [0.4, 0.5) is 4.39 Å². The minimum absolute atomic E-state index is 0.251. The van der Waals surface area contributed by atoms with E-state index in [4.69, 9.17) is 9.83 Å². The van der Waals surface area contributed by atoms with Gasteiger partial charge in [-0.1, -0.05) is 30.3 Å². The van der Waals surface area contributed by atoms with Gasteiger partial charge in [-0.2, -0.15) is 0 Å². The van der Waals surface area contributed by atoms with E-state index >= 15 is 0 Å². The van der Waals surface area contributed by atoms with Crippen molar-refractivity contribution >= 4 is 11.0 Å². The zero-order valence-electron chi connectivity index (χ0n) is 12.6. The predicted molar refractivity (Wildman–Crippen MR) is 88.0 cm³/mol. The molecule has 1 aliphatic carbocycles. The molecule has 2 aliphatic rings. The Kier molecular flexibility index (Phi) is 3.01. The van der Waals surface area contributed by atoms with E-state index in [-0.39, 0.29) is 5.82 Å². The molecular weight excluding hydrogens is 289 g/mol. The highest BCUT2D eigenvalue weighted by Gasteiger charge is 2.19. The first-order chi connectivity index (χ1) is 11.1. The number of aryl methyl sites for hydroxylation is 1. The monoisotopic (exact) mass is 304 g/mol. The summed E-state index contributed by atoms with van der Waals surface area (Å²) in [6.07, 6.45) is 0. The fourth-order valence-electron chi connectivity index (χ4n) is 2.97. The molecule has 3 heteroatoms. The molecule has 112 valence electrons. The Hall–Kier alpha value is -2.94. The van der Waals surface area contributed by atoms with Gasteiger partial charge in [0.05, 0.1) is 6.07 Å². The van der Waals surface area contributed by atoms with Crippen molar-refractivity contribution < 1.29 is 14.2 Å². The maximum Gasteiger partial charge on any atom is 0.200 e. The average Bonchev–Trinajstić information content (AvgIpc) is 2.53. The Morgan fingerprint density at radius 1 is 0.913 bits per heavy atom. The van der Waals surface area contributed by atoms with E-state index < -0.39 is 0 Å². The van der Waals surface area contributed by atoms with Crippen LogP contribution in [0, 0.1) is 12.7 Å². The molecule has 4 rings (SSSR count). The molecule has 2 aromatic carbocycles. The smallest absolute Gasteiger partial charge is 0.200 e. The second-order valence-corrected chi connectivity index (χ2v) is 5.71. The minimum atomic E-state index is -0.251. The molecule has 0 atom stereocenters. The normalized spacial score (nSPS) is 11.2. The van der Waals surface area contributed by atoms with Crippen molar-refractivity contribution in [2.45, 2.75) is 6.92 Å². The van der Waals surface area contributed by atoms with Gasteiger partial charge in [-0.25, -0.2) is 4.39 Å². The van der Waals surface area contributed by atoms with E-state index in [0.717, 1.165) is 27.7 Å². The SMILES string of the molecule is Cc1ccc2c(-c3ccccc3F)c3ccc(=[NH2+])cc-3oc2c1. The summed E-state index contributed by atoms with van der Waals surface area (Å²) in [5.74, 6) is 0.403. The van der Waals surface area contributed by atoms with Crippen molar-refractivity contribution in [2.24, 2.45) is 0 Å². The third-order valence-corrected chi connectivity index (χ3v) is 4.04. The van der Waals surface area contributed by atoms with Crippen molar-refractivity contribution in [1.29, 1.82) is 0 Å². The molecule has 0 fully saturated rings. The Morgan fingerprint density at radius 3 is 2.57 bits per heavy atom. The Balaban J connectivity index is 2.23. The van der Waals surface area contributed by atoms with Gasteiger partial charge in [0.1, 0.15) is 17.2 Å². The molecule has 0 amide bonds. The molecule has 0 unspecified atom stereocenters. The highest BCUT2D eigenvalue weighted by molar-refractivity contribution is 6.01. The number of hydrogen-bond acceptors (Lipinski definition) is 1.